The molecule has 2 unspecified atom stereocenters. The highest BCUT2D eigenvalue weighted by molar-refractivity contribution is 7.84. The molecule has 3 N–H and O–H groups in total. The monoisotopic (exact) mass is 725 g/mol. The van der Waals surface area contributed by atoms with Crippen molar-refractivity contribution in [2.75, 3.05) is 24.0 Å². The van der Waals surface area contributed by atoms with Crippen LogP contribution in [0.25, 0.3) is 0 Å². The quantitative estimate of drug-likeness (QED) is 0.149. The van der Waals surface area contributed by atoms with Crippen LogP contribution in [0.4, 0.5) is 11.4 Å². The molecule has 12 heteroatoms. The fraction of sp³-hybridized carbons (Fsp3) is 0.250. The molecule has 2 aliphatic rings. The number of hydrogen-bond donors (Lipinski definition) is 2. The average Bonchev–Trinajstić information content (AvgIpc) is 3.09. The van der Waals surface area contributed by atoms with Gasteiger partial charge in [-0.3, -0.25) is 19.4 Å². The van der Waals surface area contributed by atoms with E-state index in [-0.39, 0.29) is 29.4 Å². The van der Waals surface area contributed by atoms with Crippen LogP contribution in [-0.2, 0) is 19.9 Å². The van der Waals surface area contributed by atoms with Crippen LogP contribution in [0.15, 0.2) is 85.0 Å². The third kappa shape index (κ3) is 6.99. The Balaban J connectivity index is 0.000000203. The van der Waals surface area contributed by atoms with E-state index in [1.54, 1.807) is 61.3 Å². The van der Waals surface area contributed by atoms with Crippen LogP contribution in [0.5, 0.6) is 23.0 Å². The van der Waals surface area contributed by atoms with Crippen molar-refractivity contribution in [2.45, 2.75) is 53.6 Å². The molecule has 2 saturated heterocycles. The second-order valence-electron chi connectivity index (χ2n) is 13.0. The standard InChI is InChI=1S/C20H22N2O5S.C20H21NO3/c1-11-6-7-15(9-17(11)27-28(21,24)25)19-14(4)20(23)22(19)16-8-12(2)13(3)18(10-16)26-5;1-11-6-7-15(9-17(11)22)19-14(4)20(23)21(19)16-8-12(2)13(3)18(10-16)24-5/h6-10,19H,4H2,1-3,5H3,(H2,21,24,25);6-10,19,22H,4H2,1-3,5H3. The van der Waals surface area contributed by atoms with Gasteiger partial charge < -0.3 is 18.8 Å². The number of methoxy groups -OCH3 is 2. The first-order valence-electron chi connectivity index (χ1n) is 16.4. The Labute approximate surface area is 304 Å². The van der Waals surface area contributed by atoms with Crippen molar-refractivity contribution in [2.24, 2.45) is 5.14 Å². The highest BCUT2D eigenvalue weighted by atomic mass is 32.2. The van der Waals surface area contributed by atoms with E-state index in [1.807, 2.05) is 65.0 Å². The Morgan fingerprint density at radius 1 is 0.635 bits per heavy atom. The molecule has 2 fully saturated rings. The maximum absolute atomic E-state index is 12.6. The number of β-lactam (4-membered cyclic amide) rings is 2. The minimum atomic E-state index is -4.16. The summed E-state index contributed by atoms with van der Waals surface area (Å²) in [5, 5.41) is 15.0. The van der Waals surface area contributed by atoms with E-state index in [0.717, 1.165) is 44.8 Å². The number of phenols is 1. The lowest BCUT2D eigenvalue weighted by atomic mass is 9.87. The van der Waals surface area contributed by atoms with Gasteiger partial charge in [-0.1, -0.05) is 37.4 Å². The van der Waals surface area contributed by atoms with Gasteiger partial charge in [0.15, 0.2) is 0 Å². The fourth-order valence-electron chi connectivity index (χ4n) is 6.31. The Kier molecular flexibility index (Phi) is 10.3. The lowest BCUT2D eigenvalue weighted by Gasteiger charge is -2.43. The number of carbonyl (C=O) groups excluding carboxylic acids is 2. The van der Waals surface area contributed by atoms with Gasteiger partial charge in [-0.15, -0.1) is 0 Å². The van der Waals surface area contributed by atoms with Gasteiger partial charge in [-0.2, -0.15) is 13.6 Å². The molecule has 0 saturated carbocycles. The third-order valence-electron chi connectivity index (χ3n) is 9.65. The van der Waals surface area contributed by atoms with Crippen LogP contribution < -0.4 is 28.6 Å². The average molecular weight is 726 g/mol. The van der Waals surface area contributed by atoms with Crippen molar-refractivity contribution in [1.29, 1.82) is 0 Å². The molecule has 2 amide bonds. The summed E-state index contributed by atoms with van der Waals surface area (Å²) in [6.45, 7) is 19.2. The second kappa shape index (κ2) is 14.2. The van der Waals surface area contributed by atoms with Gasteiger partial charge in [-0.05, 0) is 110 Å². The van der Waals surface area contributed by atoms with Gasteiger partial charge in [0.05, 0.1) is 26.3 Å². The maximum Gasteiger partial charge on any atom is 0.380 e. The van der Waals surface area contributed by atoms with Crippen LogP contribution in [0.3, 0.4) is 0 Å². The molecular formula is C40H43N3O8S. The predicted octanol–water partition coefficient (Wildman–Crippen LogP) is 6.82. The number of carbonyl (C=O) groups is 2. The van der Waals surface area contributed by atoms with E-state index >= 15 is 0 Å². The number of benzene rings is 4. The van der Waals surface area contributed by atoms with Crippen LogP contribution in [0, 0.1) is 41.5 Å². The Hall–Kier alpha value is -5.59. The Morgan fingerprint density at radius 2 is 1.06 bits per heavy atom. The lowest BCUT2D eigenvalue weighted by Crippen LogP contribution is -2.48. The van der Waals surface area contributed by atoms with Crippen molar-refractivity contribution in [1.82, 2.24) is 0 Å². The Bertz CT molecular complexity index is 2260. The molecule has 6 rings (SSSR count). The first kappa shape index (κ1) is 37.7. The number of aryl methyl sites for hydroxylation is 4. The lowest BCUT2D eigenvalue weighted by molar-refractivity contribution is -0.119. The second-order valence-corrected chi connectivity index (χ2v) is 14.2. The maximum atomic E-state index is 12.6. The summed E-state index contributed by atoms with van der Waals surface area (Å²) < 4.78 is 38.3. The largest absolute Gasteiger partial charge is 0.508 e. The fourth-order valence-corrected chi connectivity index (χ4v) is 6.74. The zero-order chi connectivity index (χ0) is 38.4. The van der Waals surface area contributed by atoms with Gasteiger partial charge in [0.2, 0.25) is 0 Å². The van der Waals surface area contributed by atoms with E-state index in [1.165, 1.54) is 0 Å². The SMILES string of the molecule is C=C1C(=O)N(c2cc(C)c(C)c(OC)c2)C1c1ccc(C)c(O)c1.C=C1C(=O)N(c2cc(C)c(C)c(OC)c2)C1c1ccc(C)c(OS(N)(=O)=O)c1. The number of aromatic hydroxyl groups is 1. The number of phenolic OH excluding ortho intramolecular Hbond substituents is 1. The van der Waals surface area contributed by atoms with Crippen molar-refractivity contribution >= 4 is 33.5 Å². The zero-order valence-electron chi connectivity index (χ0n) is 30.5. The van der Waals surface area contributed by atoms with E-state index < -0.39 is 16.3 Å². The van der Waals surface area contributed by atoms with Crippen LogP contribution in [-0.4, -0.2) is 39.6 Å². The van der Waals surface area contributed by atoms with Crippen LogP contribution in [0.1, 0.15) is 56.6 Å². The highest BCUT2D eigenvalue weighted by Crippen LogP contribution is 2.46. The zero-order valence-corrected chi connectivity index (χ0v) is 31.3. The predicted molar refractivity (Wildman–Crippen MR) is 201 cm³/mol. The number of rotatable bonds is 8. The molecule has 2 aliphatic heterocycles. The van der Waals surface area contributed by atoms with E-state index in [2.05, 4.69) is 13.2 Å². The molecule has 0 aromatic heterocycles. The number of nitrogens with two attached hydrogens (primary N) is 1. The van der Waals surface area contributed by atoms with Gasteiger partial charge in [0, 0.05) is 34.7 Å². The minimum Gasteiger partial charge on any atom is -0.508 e. The van der Waals surface area contributed by atoms with Crippen molar-refractivity contribution in [3.05, 3.63) is 129 Å². The molecule has 0 spiro atoms. The van der Waals surface area contributed by atoms with Gasteiger partial charge in [0.25, 0.3) is 11.8 Å². The molecule has 0 radical (unpaired) electrons. The van der Waals surface area contributed by atoms with Crippen molar-refractivity contribution < 1.29 is 36.8 Å². The smallest absolute Gasteiger partial charge is 0.380 e. The number of ether oxygens (including phenoxy) is 2. The molecular weight excluding hydrogens is 683 g/mol. The van der Waals surface area contributed by atoms with Crippen LogP contribution in [0.2, 0.25) is 0 Å². The van der Waals surface area contributed by atoms with Gasteiger partial charge in [0.1, 0.15) is 23.0 Å². The summed E-state index contributed by atoms with van der Waals surface area (Å²) in [5.74, 6) is 1.46. The van der Waals surface area contributed by atoms with Gasteiger partial charge in [-0.25, -0.2) is 0 Å². The summed E-state index contributed by atoms with van der Waals surface area (Å²) in [7, 11) is -0.957. The number of nitrogens with zero attached hydrogens (tertiary/aromatic N) is 2. The molecule has 0 bridgehead atoms. The summed E-state index contributed by atoms with van der Waals surface area (Å²) in [6, 6.07) is 17.4. The third-order valence-corrected chi connectivity index (χ3v) is 10.1. The molecule has 11 nitrogen and oxygen atoms in total. The summed E-state index contributed by atoms with van der Waals surface area (Å²) >= 11 is 0. The number of anilines is 2. The number of amides is 2. The minimum absolute atomic E-state index is 0.106. The molecule has 272 valence electrons. The molecule has 2 heterocycles. The molecule has 4 aromatic carbocycles. The van der Waals surface area contributed by atoms with Crippen molar-refractivity contribution in [3.63, 3.8) is 0 Å². The highest BCUT2D eigenvalue weighted by Gasteiger charge is 2.44. The number of hydrogen-bond acceptors (Lipinski definition) is 8. The normalized spacial score (nSPS) is 16.9. The van der Waals surface area contributed by atoms with Crippen molar-refractivity contribution in [3.8, 4) is 23.0 Å². The first-order chi connectivity index (χ1) is 24.4. The summed E-state index contributed by atoms with van der Waals surface area (Å²) in [5.41, 5.74) is 9.40. The topological polar surface area (TPSA) is 149 Å². The summed E-state index contributed by atoms with van der Waals surface area (Å²) in [6.07, 6.45) is 0. The van der Waals surface area contributed by atoms with E-state index in [9.17, 15) is 23.1 Å². The first-order valence-corrected chi connectivity index (χ1v) is 17.8. The molecule has 4 aromatic rings. The summed E-state index contributed by atoms with van der Waals surface area (Å²) in [4.78, 5) is 28.3. The van der Waals surface area contributed by atoms with E-state index in [0.29, 0.717) is 33.7 Å². The van der Waals surface area contributed by atoms with E-state index in [4.69, 9.17) is 18.8 Å². The molecule has 2 atom stereocenters. The molecule has 0 aliphatic carbocycles. The van der Waals surface area contributed by atoms with Gasteiger partial charge >= 0.3 is 10.3 Å². The van der Waals surface area contributed by atoms with Crippen LogP contribution >= 0.6 is 0 Å². The Morgan fingerprint density at radius 3 is 1.46 bits per heavy atom. The molecule has 52 heavy (non-hydrogen) atoms.